The fourth-order valence-electron chi connectivity index (χ4n) is 2.63. The lowest BCUT2D eigenvalue weighted by Gasteiger charge is -2.35. The summed E-state index contributed by atoms with van der Waals surface area (Å²) in [6.45, 7) is 7.78. The fraction of sp³-hybridized carbons (Fsp3) is 0.562. The van der Waals surface area contributed by atoms with E-state index in [9.17, 15) is 15.0 Å². The standard InChI is InChI=1S/C16H24O3/c1-12(2)10-16(19,14(17)18)11-15(3,4)13-8-6-5-7-9-13/h5-9,12,19H,10-11H2,1-4H3,(H,17,18). The third-order valence-corrected chi connectivity index (χ3v) is 3.43. The number of hydrogen-bond acceptors (Lipinski definition) is 2. The lowest BCUT2D eigenvalue weighted by Crippen LogP contribution is -2.44. The number of rotatable bonds is 6. The molecule has 0 bridgehead atoms. The molecule has 1 aromatic rings. The molecule has 1 aromatic carbocycles. The van der Waals surface area contributed by atoms with Crippen molar-refractivity contribution in [1.82, 2.24) is 0 Å². The first-order valence-electron chi connectivity index (χ1n) is 6.69. The molecule has 2 N–H and O–H groups in total. The maximum absolute atomic E-state index is 11.4. The summed E-state index contributed by atoms with van der Waals surface area (Å²) >= 11 is 0. The molecule has 0 aliphatic heterocycles. The second-order valence-electron chi connectivity index (χ2n) is 6.36. The Labute approximate surface area is 115 Å². The molecule has 0 spiro atoms. The summed E-state index contributed by atoms with van der Waals surface area (Å²) in [4.78, 5) is 11.4. The van der Waals surface area contributed by atoms with Crippen molar-refractivity contribution in [3.63, 3.8) is 0 Å². The first-order valence-corrected chi connectivity index (χ1v) is 6.69. The average molecular weight is 264 g/mol. The zero-order chi connectivity index (χ0) is 14.7. The van der Waals surface area contributed by atoms with Gasteiger partial charge in [-0.25, -0.2) is 4.79 Å². The summed E-state index contributed by atoms with van der Waals surface area (Å²) in [7, 11) is 0. The van der Waals surface area contributed by atoms with Gasteiger partial charge in [-0.1, -0.05) is 58.0 Å². The van der Waals surface area contributed by atoms with E-state index in [0.29, 0.717) is 0 Å². The molecule has 19 heavy (non-hydrogen) atoms. The van der Waals surface area contributed by atoms with Gasteiger partial charge in [0, 0.05) is 0 Å². The average Bonchev–Trinajstić information content (AvgIpc) is 2.28. The Morgan fingerprint density at radius 3 is 2.16 bits per heavy atom. The zero-order valence-electron chi connectivity index (χ0n) is 12.2. The van der Waals surface area contributed by atoms with Crippen LogP contribution in [0.5, 0.6) is 0 Å². The molecule has 0 aliphatic rings. The minimum atomic E-state index is -1.67. The zero-order valence-corrected chi connectivity index (χ0v) is 12.2. The van der Waals surface area contributed by atoms with Crippen LogP contribution in [0.2, 0.25) is 0 Å². The molecule has 0 amide bonds. The summed E-state index contributed by atoms with van der Waals surface area (Å²) < 4.78 is 0. The topological polar surface area (TPSA) is 57.5 Å². The van der Waals surface area contributed by atoms with Crippen molar-refractivity contribution in [2.45, 2.75) is 51.6 Å². The molecule has 0 aliphatic carbocycles. The summed E-state index contributed by atoms with van der Waals surface area (Å²) in [6.07, 6.45) is 0.468. The Hall–Kier alpha value is -1.35. The number of hydrogen-bond donors (Lipinski definition) is 2. The molecule has 0 heterocycles. The minimum Gasteiger partial charge on any atom is -0.479 e. The van der Waals surface area contributed by atoms with Crippen LogP contribution in [0.1, 0.15) is 46.1 Å². The summed E-state index contributed by atoms with van der Waals surface area (Å²) in [5.41, 5.74) is -1.02. The van der Waals surface area contributed by atoms with Crippen LogP contribution >= 0.6 is 0 Å². The van der Waals surface area contributed by atoms with Gasteiger partial charge in [-0.05, 0) is 29.7 Å². The number of aliphatic carboxylic acids is 1. The highest BCUT2D eigenvalue weighted by atomic mass is 16.4. The van der Waals surface area contributed by atoms with E-state index in [2.05, 4.69) is 0 Å². The van der Waals surface area contributed by atoms with Gasteiger partial charge in [0.25, 0.3) is 0 Å². The maximum atomic E-state index is 11.4. The van der Waals surface area contributed by atoms with Crippen molar-refractivity contribution in [1.29, 1.82) is 0 Å². The second kappa shape index (κ2) is 5.74. The first kappa shape index (κ1) is 15.7. The summed E-state index contributed by atoms with van der Waals surface area (Å²) in [5, 5.41) is 19.8. The summed E-state index contributed by atoms with van der Waals surface area (Å²) in [5.74, 6) is -1.00. The number of benzene rings is 1. The predicted octanol–water partition coefficient (Wildman–Crippen LogP) is 3.22. The number of carbonyl (C=O) groups is 1. The van der Waals surface area contributed by atoms with E-state index >= 15 is 0 Å². The largest absolute Gasteiger partial charge is 0.479 e. The van der Waals surface area contributed by atoms with Crippen LogP contribution in [-0.2, 0) is 10.2 Å². The lowest BCUT2D eigenvalue weighted by molar-refractivity contribution is -0.162. The molecule has 0 aromatic heterocycles. The highest BCUT2D eigenvalue weighted by Crippen LogP contribution is 2.35. The van der Waals surface area contributed by atoms with Gasteiger partial charge in [-0.3, -0.25) is 0 Å². The SMILES string of the molecule is CC(C)CC(O)(CC(C)(C)c1ccccc1)C(=O)O. The highest BCUT2D eigenvalue weighted by molar-refractivity contribution is 5.77. The molecule has 0 saturated carbocycles. The van der Waals surface area contributed by atoms with Gasteiger partial charge < -0.3 is 10.2 Å². The van der Waals surface area contributed by atoms with Crippen molar-refractivity contribution >= 4 is 5.97 Å². The summed E-state index contributed by atoms with van der Waals surface area (Å²) in [6, 6.07) is 9.73. The van der Waals surface area contributed by atoms with Crippen molar-refractivity contribution in [2.75, 3.05) is 0 Å². The van der Waals surface area contributed by atoms with Gasteiger partial charge in [0.2, 0.25) is 0 Å². The second-order valence-corrected chi connectivity index (χ2v) is 6.36. The smallest absolute Gasteiger partial charge is 0.335 e. The Morgan fingerprint density at radius 2 is 1.74 bits per heavy atom. The van der Waals surface area contributed by atoms with E-state index in [1.807, 2.05) is 58.0 Å². The van der Waals surface area contributed by atoms with Crippen molar-refractivity contribution in [2.24, 2.45) is 5.92 Å². The molecular formula is C16H24O3. The molecule has 1 unspecified atom stereocenters. The van der Waals surface area contributed by atoms with Crippen LogP contribution in [-0.4, -0.2) is 21.8 Å². The third kappa shape index (κ3) is 4.06. The third-order valence-electron chi connectivity index (χ3n) is 3.43. The van der Waals surface area contributed by atoms with Gasteiger partial charge in [0.15, 0.2) is 5.60 Å². The molecule has 0 saturated heterocycles. The molecule has 0 radical (unpaired) electrons. The molecule has 106 valence electrons. The fourth-order valence-corrected chi connectivity index (χ4v) is 2.63. The van der Waals surface area contributed by atoms with E-state index in [1.165, 1.54) is 0 Å². The minimum absolute atomic E-state index is 0.132. The van der Waals surface area contributed by atoms with Crippen LogP contribution in [0.4, 0.5) is 0 Å². The van der Waals surface area contributed by atoms with Gasteiger partial charge in [-0.2, -0.15) is 0 Å². The number of carboxylic acids is 1. The molecule has 3 nitrogen and oxygen atoms in total. The normalized spacial score (nSPS) is 15.3. The van der Waals surface area contributed by atoms with E-state index < -0.39 is 11.6 Å². The van der Waals surface area contributed by atoms with Crippen LogP contribution < -0.4 is 0 Å². The quantitative estimate of drug-likeness (QED) is 0.829. The van der Waals surface area contributed by atoms with Gasteiger partial charge >= 0.3 is 5.97 Å². The van der Waals surface area contributed by atoms with Crippen LogP contribution in [0.15, 0.2) is 30.3 Å². The molecule has 1 rings (SSSR count). The Bertz CT molecular complexity index is 423. The van der Waals surface area contributed by atoms with Gasteiger partial charge in [0.05, 0.1) is 0 Å². The van der Waals surface area contributed by atoms with Crippen LogP contribution in [0, 0.1) is 5.92 Å². The Kier molecular flexibility index (Phi) is 4.75. The van der Waals surface area contributed by atoms with Crippen molar-refractivity contribution in [3.8, 4) is 0 Å². The van der Waals surface area contributed by atoms with Crippen LogP contribution in [0.3, 0.4) is 0 Å². The van der Waals surface area contributed by atoms with E-state index in [0.717, 1.165) is 5.56 Å². The van der Waals surface area contributed by atoms with Gasteiger partial charge in [0.1, 0.15) is 0 Å². The van der Waals surface area contributed by atoms with E-state index in [-0.39, 0.29) is 24.2 Å². The Balaban J connectivity index is 2.99. The monoisotopic (exact) mass is 264 g/mol. The van der Waals surface area contributed by atoms with E-state index in [4.69, 9.17) is 0 Å². The van der Waals surface area contributed by atoms with Crippen molar-refractivity contribution < 1.29 is 15.0 Å². The molecule has 1 atom stereocenters. The molecule has 3 heteroatoms. The van der Waals surface area contributed by atoms with Gasteiger partial charge in [-0.15, -0.1) is 0 Å². The highest BCUT2D eigenvalue weighted by Gasteiger charge is 2.42. The maximum Gasteiger partial charge on any atom is 0.335 e. The first-order chi connectivity index (χ1) is 8.67. The van der Waals surface area contributed by atoms with Crippen LogP contribution in [0.25, 0.3) is 0 Å². The predicted molar refractivity (Wildman–Crippen MR) is 76.1 cm³/mol. The molecular weight excluding hydrogens is 240 g/mol. The number of carboxylic acid groups (broad SMARTS) is 1. The lowest BCUT2D eigenvalue weighted by atomic mass is 9.73. The Morgan fingerprint density at radius 1 is 1.21 bits per heavy atom. The number of aliphatic hydroxyl groups is 1. The molecule has 0 fully saturated rings. The van der Waals surface area contributed by atoms with Crippen molar-refractivity contribution in [3.05, 3.63) is 35.9 Å². The van der Waals surface area contributed by atoms with E-state index in [1.54, 1.807) is 0 Å².